The highest BCUT2D eigenvalue weighted by Gasteiger charge is 2.43. The Morgan fingerprint density at radius 2 is 2.28 bits per heavy atom. The lowest BCUT2D eigenvalue weighted by atomic mass is 9.85. The zero-order chi connectivity index (χ0) is 13.1. The molecule has 0 aliphatic heterocycles. The predicted octanol–water partition coefficient (Wildman–Crippen LogP) is 3.25. The Labute approximate surface area is 121 Å². The lowest BCUT2D eigenvalue weighted by Gasteiger charge is -2.43. The second kappa shape index (κ2) is 6.24. The fourth-order valence-electron chi connectivity index (χ4n) is 2.13. The van der Waals surface area contributed by atoms with E-state index < -0.39 is 0 Å². The van der Waals surface area contributed by atoms with Crippen molar-refractivity contribution >= 4 is 27.5 Å². The van der Waals surface area contributed by atoms with Crippen LogP contribution in [0.15, 0.2) is 22.7 Å². The van der Waals surface area contributed by atoms with Crippen LogP contribution in [-0.4, -0.2) is 31.9 Å². The molecule has 0 aromatic heterocycles. The van der Waals surface area contributed by atoms with Crippen molar-refractivity contribution in [2.45, 2.75) is 31.6 Å². The molecular formula is C13H17BrClNO2. The zero-order valence-electron chi connectivity index (χ0n) is 10.5. The smallest absolute Gasteiger partial charge is 0.138 e. The molecule has 0 spiro atoms. The molecule has 3 atom stereocenters. The Kier molecular flexibility index (Phi) is 4.90. The van der Waals surface area contributed by atoms with Gasteiger partial charge >= 0.3 is 0 Å². The van der Waals surface area contributed by atoms with Crippen molar-refractivity contribution in [3.63, 3.8) is 0 Å². The maximum absolute atomic E-state index is 6.14. The summed E-state index contributed by atoms with van der Waals surface area (Å²) in [6.45, 7) is 2.69. The normalized spacial score (nSPS) is 26.8. The van der Waals surface area contributed by atoms with Crippen LogP contribution in [0.25, 0.3) is 0 Å². The first-order chi connectivity index (χ1) is 8.65. The van der Waals surface area contributed by atoms with Crippen LogP contribution < -0.4 is 10.1 Å². The molecule has 3 nitrogen and oxygen atoms in total. The number of hydrogen-bond acceptors (Lipinski definition) is 3. The molecule has 1 N–H and O–H groups in total. The van der Waals surface area contributed by atoms with E-state index in [4.69, 9.17) is 21.1 Å². The third kappa shape index (κ3) is 2.99. The van der Waals surface area contributed by atoms with Crippen molar-refractivity contribution < 1.29 is 9.47 Å². The Morgan fingerprint density at radius 1 is 1.50 bits per heavy atom. The third-order valence-corrected chi connectivity index (χ3v) is 3.94. The Hall–Kier alpha value is -0.290. The van der Waals surface area contributed by atoms with E-state index in [-0.39, 0.29) is 12.2 Å². The number of likely N-dealkylation sites (N-methyl/N-ethyl adjacent to an activating group) is 1. The summed E-state index contributed by atoms with van der Waals surface area (Å²) < 4.78 is 12.6. The summed E-state index contributed by atoms with van der Waals surface area (Å²) >= 11 is 9.51. The molecule has 18 heavy (non-hydrogen) atoms. The minimum atomic E-state index is 0.0704. The molecule has 0 saturated heterocycles. The van der Waals surface area contributed by atoms with Gasteiger partial charge in [-0.2, -0.15) is 0 Å². The zero-order valence-corrected chi connectivity index (χ0v) is 12.8. The van der Waals surface area contributed by atoms with Gasteiger partial charge in [0.15, 0.2) is 0 Å². The van der Waals surface area contributed by atoms with E-state index in [1.165, 1.54) is 0 Å². The highest BCUT2D eigenvalue weighted by Crippen LogP contribution is 2.33. The van der Waals surface area contributed by atoms with E-state index in [0.717, 1.165) is 10.9 Å². The maximum atomic E-state index is 6.14. The van der Waals surface area contributed by atoms with E-state index in [1.807, 2.05) is 32.2 Å². The van der Waals surface area contributed by atoms with Crippen molar-refractivity contribution in [2.24, 2.45) is 0 Å². The summed E-state index contributed by atoms with van der Waals surface area (Å²) in [6, 6.07) is 6.00. The molecule has 1 fully saturated rings. The fraction of sp³-hybridized carbons (Fsp3) is 0.538. The van der Waals surface area contributed by atoms with Crippen LogP contribution >= 0.6 is 27.5 Å². The van der Waals surface area contributed by atoms with Gasteiger partial charge in [-0.1, -0.05) is 27.5 Å². The van der Waals surface area contributed by atoms with Gasteiger partial charge in [-0.25, -0.2) is 0 Å². The highest BCUT2D eigenvalue weighted by atomic mass is 79.9. The first-order valence-corrected chi connectivity index (χ1v) is 7.23. The summed E-state index contributed by atoms with van der Waals surface area (Å²) in [5.41, 5.74) is 0. The van der Waals surface area contributed by atoms with Gasteiger partial charge < -0.3 is 14.8 Å². The molecule has 1 aliphatic rings. The van der Waals surface area contributed by atoms with E-state index in [1.54, 1.807) is 0 Å². The lowest BCUT2D eigenvalue weighted by Crippen LogP contribution is -2.60. The average Bonchev–Trinajstić information content (AvgIpc) is 2.33. The van der Waals surface area contributed by atoms with Gasteiger partial charge in [0.25, 0.3) is 0 Å². The Bertz CT molecular complexity index is 416. The van der Waals surface area contributed by atoms with E-state index in [9.17, 15) is 0 Å². The van der Waals surface area contributed by atoms with Crippen molar-refractivity contribution in [1.29, 1.82) is 0 Å². The summed E-state index contributed by atoms with van der Waals surface area (Å²) in [4.78, 5) is 0. The van der Waals surface area contributed by atoms with E-state index in [2.05, 4.69) is 21.2 Å². The molecule has 1 aliphatic carbocycles. The number of ether oxygens (including phenoxy) is 2. The fourth-order valence-corrected chi connectivity index (χ4v) is 2.85. The maximum Gasteiger partial charge on any atom is 0.138 e. The van der Waals surface area contributed by atoms with Gasteiger partial charge in [0.05, 0.1) is 5.02 Å². The van der Waals surface area contributed by atoms with E-state index >= 15 is 0 Å². The monoisotopic (exact) mass is 333 g/mol. The lowest BCUT2D eigenvalue weighted by molar-refractivity contribution is -0.103. The summed E-state index contributed by atoms with van der Waals surface area (Å²) in [5.74, 6) is 0.712. The minimum Gasteiger partial charge on any atom is -0.486 e. The number of benzene rings is 1. The molecule has 3 unspecified atom stereocenters. The molecule has 1 aromatic rings. The largest absolute Gasteiger partial charge is 0.486 e. The number of hydrogen-bond donors (Lipinski definition) is 1. The van der Waals surface area contributed by atoms with Crippen molar-refractivity contribution in [3.05, 3.63) is 27.7 Å². The molecule has 100 valence electrons. The third-order valence-electron chi connectivity index (χ3n) is 3.15. The number of nitrogens with one attached hydrogen (secondary N) is 1. The van der Waals surface area contributed by atoms with Crippen LogP contribution in [-0.2, 0) is 4.74 Å². The molecule has 0 radical (unpaired) electrons. The van der Waals surface area contributed by atoms with Crippen molar-refractivity contribution in [1.82, 2.24) is 5.32 Å². The Balaban J connectivity index is 2.01. The van der Waals surface area contributed by atoms with Crippen LogP contribution in [0.5, 0.6) is 5.75 Å². The van der Waals surface area contributed by atoms with Crippen molar-refractivity contribution in [3.8, 4) is 5.75 Å². The SMILES string of the molecule is CCOC1C(NC)CC1Oc1ccc(Br)cc1Cl. The van der Waals surface area contributed by atoms with Gasteiger partial charge in [0.2, 0.25) is 0 Å². The number of halogens is 2. The van der Waals surface area contributed by atoms with Gasteiger partial charge in [-0.05, 0) is 32.2 Å². The first-order valence-electron chi connectivity index (χ1n) is 6.06. The summed E-state index contributed by atoms with van der Waals surface area (Å²) in [6.07, 6.45) is 1.11. The van der Waals surface area contributed by atoms with Gasteiger partial charge in [0, 0.05) is 23.5 Å². The van der Waals surface area contributed by atoms with Crippen LogP contribution in [0.4, 0.5) is 0 Å². The number of rotatable bonds is 5. The molecule has 5 heteroatoms. The van der Waals surface area contributed by atoms with Gasteiger partial charge in [0.1, 0.15) is 18.0 Å². The molecular weight excluding hydrogens is 318 g/mol. The standard InChI is InChI=1S/C13H17BrClNO2/c1-3-17-13-10(16-2)7-12(13)18-11-5-4-8(14)6-9(11)15/h4-6,10,12-13,16H,3,7H2,1-2H3. The van der Waals surface area contributed by atoms with Crippen LogP contribution in [0.1, 0.15) is 13.3 Å². The molecule has 1 aromatic carbocycles. The van der Waals surface area contributed by atoms with Gasteiger partial charge in [-0.3, -0.25) is 0 Å². The second-order valence-corrected chi connectivity index (χ2v) is 5.60. The van der Waals surface area contributed by atoms with Crippen LogP contribution in [0.2, 0.25) is 5.02 Å². The molecule has 1 saturated carbocycles. The van der Waals surface area contributed by atoms with E-state index in [0.29, 0.717) is 23.4 Å². The predicted molar refractivity (Wildman–Crippen MR) is 76.4 cm³/mol. The van der Waals surface area contributed by atoms with Crippen LogP contribution in [0.3, 0.4) is 0 Å². The quantitative estimate of drug-likeness (QED) is 0.896. The minimum absolute atomic E-state index is 0.0704. The molecule has 0 amide bonds. The topological polar surface area (TPSA) is 30.5 Å². The van der Waals surface area contributed by atoms with Crippen LogP contribution in [0, 0.1) is 0 Å². The molecule has 0 heterocycles. The molecule has 2 rings (SSSR count). The van der Waals surface area contributed by atoms with Gasteiger partial charge in [-0.15, -0.1) is 0 Å². The summed E-state index contributed by atoms with van der Waals surface area (Å²) in [7, 11) is 1.94. The average molecular weight is 335 g/mol. The highest BCUT2D eigenvalue weighted by molar-refractivity contribution is 9.10. The second-order valence-electron chi connectivity index (χ2n) is 4.28. The Morgan fingerprint density at radius 3 is 2.89 bits per heavy atom. The summed E-state index contributed by atoms with van der Waals surface area (Å²) in [5, 5.41) is 3.85. The molecule has 0 bridgehead atoms. The van der Waals surface area contributed by atoms with Crippen molar-refractivity contribution in [2.75, 3.05) is 13.7 Å². The first kappa shape index (κ1) is 14.1.